The smallest absolute Gasteiger partial charge is 0.634 e. The fourth-order valence-electron chi connectivity index (χ4n) is 7.80. The molecule has 8 heterocycles. The van der Waals surface area contributed by atoms with E-state index in [9.17, 15) is 14.4 Å². The Kier molecular flexibility index (Phi) is 58.4. The molecule has 0 amide bonds. The third-order valence-electron chi connectivity index (χ3n) is 11.9. The summed E-state index contributed by atoms with van der Waals surface area (Å²) in [5.74, 6) is -1.05. The second-order valence-electron chi connectivity index (χ2n) is 18.0. The summed E-state index contributed by atoms with van der Waals surface area (Å²) in [5, 5.41) is 102. The van der Waals surface area contributed by atoms with Crippen molar-refractivity contribution in [1.82, 2.24) is 0 Å². The largest absolute Gasteiger partial charge is 2.00 e. The summed E-state index contributed by atoms with van der Waals surface area (Å²) in [4.78, 5) is 68.4. The summed E-state index contributed by atoms with van der Waals surface area (Å²) >= 11 is 0. The minimum Gasteiger partial charge on any atom is -0.634 e. The van der Waals surface area contributed by atoms with Crippen LogP contribution in [-0.4, -0.2) is 233 Å². The first-order chi connectivity index (χ1) is 36.8. The molecule has 0 spiro atoms. The van der Waals surface area contributed by atoms with Gasteiger partial charge in [0.15, 0.2) is 0 Å². The van der Waals surface area contributed by atoms with Crippen LogP contribution in [0.25, 0.3) is 42.5 Å². The molecule has 0 aromatic carbocycles. The van der Waals surface area contributed by atoms with Gasteiger partial charge in [-0.05, 0) is 119 Å². The van der Waals surface area contributed by atoms with Gasteiger partial charge < -0.3 is 97.6 Å². The molecular formula is C47H88N8O22Rh4. The van der Waals surface area contributed by atoms with Crippen LogP contribution in [0.4, 0.5) is 0 Å². The van der Waals surface area contributed by atoms with E-state index in [2.05, 4.69) is 95.8 Å². The SMILES string of the molecule is CC1CCC(O)[N-]1.COC(=O)C1CCC(O)[N-]1.COC(=O)C1CCC(O)[N-]1.COC(=O)C1CCC(O)[N-]1.COOCC1CCC(O)[N-]1.COOCC1CCC(O)[N-]1.COOC[C@@H]1CC[C@H](O)[N-]1.COOC[C@@H]1CC[C@H](O)[N-]1.[Rh+2].[Rh+2].[Rh+2].[Rh+2]. The molecule has 4 radical (unpaired) electrons. The van der Waals surface area contributed by atoms with Crippen LogP contribution in [0.5, 0.6) is 0 Å². The molecule has 8 N–H and O–H groups in total. The van der Waals surface area contributed by atoms with Gasteiger partial charge >= 0.3 is 77.9 Å². The number of hydrogen-bond acceptors (Lipinski definition) is 22. The van der Waals surface area contributed by atoms with Crippen LogP contribution in [0.15, 0.2) is 0 Å². The van der Waals surface area contributed by atoms with Crippen molar-refractivity contribution >= 4 is 17.9 Å². The Balaban J connectivity index is -0.000000416. The molecule has 8 saturated heterocycles. The average molecular weight is 1530 g/mol. The molecule has 12 unspecified atom stereocenters. The predicted octanol–water partition coefficient (Wildman–Crippen LogP) is 2.57. The number of ether oxygens (including phenoxy) is 3. The average Bonchev–Trinajstić information content (AvgIpc) is 4.30. The van der Waals surface area contributed by atoms with Gasteiger partial charge in [-0.2, -0.15) is 0 Å². The fourth-order valence-corrected chi connectivity index (χ4v) is 7.80. The summed E-state index contributed by atoms with van der Waals surface area (Å²) < 4.78 is 13.3. The van der Waals surface area contributed by atoms with E-state index < -0.39 is 61.7 Å². The van der Waals surface area contributed by atoms with Crippen LogP contribution in [-0.2, 0) is 146 Å². The Morgan fingerprint density at radius 3 is 0.630 bits per heavy atom. The number of aliphatic hydroxyl groups is 8. The van der Waals surface area contributed by atoms with E-state index >= 15 is 0 Å². The van der Waals surface area contributed by atoms with Gasteiger partial charge in [0.05, 0.1) is 76.2 Å². The maximum Gasteiger partial charge on any atom is 2.00 e. The second kappa shape index (κ2) is 54.1. The zero-order valence-electron chi connectivity index (χ0n) is 47.1. The van der Waals surface area contributed by atoms with Crippen molar-refractivity contribution in [3.63, 3.8) is 0 Å². The molecule has 8 aliphatic rings. The molecule has 484 valence electrons. The van der Waals surface area contributed by atoms with Gasteiger partial charge in [0.1, 0.15) is 0 Å². The number of rotatable bonds is 15. The van der Waals surface area contributed by atoms with E-state index in [1.165, 1.54) is 49.8 Å². The first-order valence-electron chi connectivity index (χ1n) is 25.7. The third-order valence-corrected chi connectivity index (χ3v) is 11.9. The van der Waals surface area contributed by atoms with Gasteiger partial charge in [0.25, 0.3) is 17.9 Å². The number of carbonyl (C=O) groups excluding carboxylic acids is 3. The molecule has 8 aliphatic heterocycles. The van der Waals surface area contributed by atoms with Crippen molar-refractivity contribution in [2.45, 2.75) is 208 Å². The zero-order valence-corrected chi connectivity index (χ0v) is 53.6. The minimum atomic E-state index is -0.663. The Morgan fingerprint density at radius 1 is 0.309 bits per heavy atom. The minimum absolute atomic E-state index is 0. The van der Waals surface area contributed by atoms with Gasteiger partial charge in [-0.25, -0.2) is 39.1 Å². The Labute approximate surface area is 527 Å². The van der Waals surface area contributed by atoms with Gasteiger partial charge in [-0.1, -0.05) is 58.3 Å². The number of nitrogens with zero attached hydrogens (tertiary/aromatic N) is 8. The van der Waals surface area contributed by atoms with Gasteiger partial charge in [-0.3, -0.25) is 14.4 Å². The quantitative estimate of drug-likeness (QED) is 0.0384. The van der Waals surface area contributed by atoms with E-state index in [4.69, 9.17) is 40.9 Å². The molecule has 16 atom stereocenters. The van der Waals surface area contributed by atoms with Crippen LogP contribution < -0.4 is 0 Å². The van der Waals surface area contributed by atoms with Gasteiger partial charge in [-0.15, -0.1) is 30.2 Å². The maximum absolute atomic E-state index is 10.7. The number of carbonyl (C=O) groups is 3. The number of aliphatic hydroxyl groups excluding tert-OH is 8. The molecule has 0 bridgehead atoms. The molecule has 34 heteroatoms. The van der Waals surface area contributed by atoms with E-state index in [0.717, 1.165) is 64.2 Å². The van der Waals surface area contributed by atoms with Crippen molar-refractivity contribution in [1.29, 1.82) is 0 Å². The van der Waals surface area contributed by atoms with Gasteiger partial charge in [0, 0.05) is 0 Å². The molecule has 0 aromatic heterocycles. The number of hydrogen-bond donors (Lipinski definition) is 8. The van der Waals surface area contributed by atoms with Crippen molar-refractivity contribution in [3.8, 4) is 0 Å². The summed E-state index contributed by atoms with van der Waals surface area (Å²) in [6.07, 6.45) is 7.74. The van der Waals surface area contributed by atoms with Crippen LogP contribution >= 0.6 is 0 Å². The molecule has 30 nitrogen and oxygen atoms in total. The normalized spacial score (nSPS) is 31.9. The summed E-state index contributed by atoms with van der Waals surface area (Å²) in [6.45, 7) is 3.83. The number of esters is 3. The summed E-state index contributed by atoms with van der Waals surface area (Å²) in [7, 11) is 9.82. The number of methoxy groups -OCH3 is 3. The molecule has 8 rings (SSSR count). The van der Waals surface area contributed by atoms with Crippen molar-refractivity contribution in [3.05, 3.63) is 42.5 Å². The van der Waals surface area contributed by atoms with E-state index in [-0.39, 0.29) is 126 Å². The van der Waals surface area contributed by atoms with E-state index in [1.807, 2.05) is 6.92 Å². The standard InChI is InChI=1S/4C6H12NO3.3C6H10NO3.C5H10NO.4Rh/c4*1-9-10-4-5-2-3-6(8)7-5;3*1-10-6(9)4-2-3-5(8)7-4;1-4-2-3-5(7)6-4;;;;/h4*5-6,8H,2-4H2,1H3;3*4-5,8H,2-3H2,1H3;4-5,7H,2-3H2,1H3;;;;/q8*-1;4*+2/t2*5-,6-;;;;;;;;;;/m00........../s1. The molecule has 0 aromatic rings. The molecule has 0 aliphatic carbocycles. The zero-order chi connectivity index (χ0) is 57.5. The van der Waals surface area contributed by atoms with Crippen molar-refractivity contribution < 1.29 is 186 Å². The molecule has 81 heavy (non-hydrogen) atoms. The van der Waals surface area contributed by atoms with Crippen LogP contribution in [0, 0.1) is 0 Å². The summed E-state index contributed by atoms with van der Waals surface area (Å²) in [5.41, 5.74) is 0. The Bertz CT molecular complexity index is 1340. The first-order valence-corrected chi connectivity index (χ1v) is 25.7. The van der Waals surface area contributed by atoms with Crippen LogP contribution in [0.2, 0.25) is 0 Å². The second-order valence-corrected chi connectivity index (χ2v) is 18.0. The van der Waals surface area contributed by atoms with Gasteiger partial charge in [0.2, 0.25) is 0 Å². The Morgan fingerprint density at radius 2 is 0.506 bits per heavy atom. The molecular weight excluding hydrogens is 1440 g/mol. The van der Waals surface area contributed by atoms with Crippen molar-refractivity contribution in [2.24, 2.45) is 0 Å². The third kappa shape index (κ3) is 43.3. The predicted molar refractivity (Wildman–Crippen MR) is 273 cm³/mol. The Hall–Kier alpha value is -0.0565. The topological polar surface area (TPSA) is 427 Å². The summed E-state index contributed by atoms with van der Waals surface area (Å²) in [6, 6.07) is -0.412. The maximum atomic E-state index is 10.7. The van der Waals surface area contributed by atoms with E-state index in [0.29, 0.717) is 71.0 Å². The first kappa shape index (κ1) is 87.4. The molecule has 0 saturated carbocycles. The van der Waals surface area contributed by atoms with Crippen LogP contribution in [0.1, 0.15) is 110 Å². The van der Waals surface area contributed by atoms with Crippen LogP contribution in [0.3, 0.4) is 0 Å². The fraction of sp³-hybridized carbons (Fsp3) is 0.936. The van der Waals surface area contributed by atoms with Crippen molar-refractivity contribution in [2.75, 3.05) is 76.2 Å². The molecule has 8 fully saturated rings. The monoisotopic (exact) mass is 1530 g/mol. The van der Waals surface area contributed by atoms with E-state index in [1.54, 1.807) is 0 Å².